The second kappa shape index (κ2) is 4.15. The van der Waals surface area contributed by atoms with Gasteiger partial charge in [0.25, 0.3) is 0 Å². The van der Waals surface area contributed by atoms with E-state index in [1.807, 2.05) is 0 Å². The zero-order chi connectivity index (χ0) is 10.9. The molecular weight excluding hydrogens is 180 g/mol. The van der Waals surface area contributed by atoms with Crippen molar-refractivity contribution in [3.05, 3.63) is 23.8 Å². The Hall–Kier alpha value is -0.520. The van der Waals surface area contributed by atoms with Gasteiger partial charge in [0, 0.05) is 0 Å². The lowest BCUT2D eigenvalue weighted by Crippen LogP contribution is -2.37. The van der Waals surface area contributed by atoms with Gasteiger partial charge in [0.05, 0.1) is 0 Å². The third-order valence-corrected chi connectivity index (χ3v) is 4.71. The first kappa shape index (κ1) is 11.0. The average Bonchev–Trinajstić information content (AvgIpc) is 2.26. The fraction of sp³-hybridized carbons (Fsp3) is 0.733. The minimum Gasteiger partial charge on any atom is -0.0879 e. The Balaban J connectivity index is 2.32. The summed E-state index contributed by atoms with van der Waals surface area (Å²) in [7, 11) is 0. The summed E-state index contributed by atoms with van der Waals surface area (Å²) in [6.07, 6.45) is 14.1. The van der Waals surface area contributed by atoms with Crippen LogP contribution in [0.3, 0.4) is 0 Å². The van der Waals surface area contributed by atoms with Crippen LogP contribution in [-0.4, -0.2) is 0 Å². The Bertz CT molecular complexity index is 284. The molecule has 2 aliphatic carbocycles. The molecule has 3 atom stereocenters. The van der Waals surface area contributed by atoms with Crippen LogP contribution in [0.2, 0.25) is 0 Å². The van der Waals surface area contributed by atoms with E-state index in [9.17, 15) is 0 Å². The van der Waals surface area contributed by atoms with Crippen LogP contribution in [0.5, 0.6) is 0 Å². The van der Waals surface area contributed by atoms with Gasteiger partial charge in [-0.15, -0.1) is 0 Å². The van der Waals surface area contributed by atoms with E-state index < -0.39 is 0 Å². The van der Waals surface area contributed by atoms with Gasteiger partial charge in [0.1, 0.15) is 0 Å². The fourth-order valence-electron chi connectivity index (χ4n) is 3.54. The number of hydrogen-bond donors (Lipinski definition) is 0. The molecule has 3 unspecified atom stereocenters. The van der Waals surface area contributed by atoms with Gasteiger partial charge in [-0.25, -0.2) is 0 Å². The minimum atomic E-state index is 0.465. The van der Waals surface area contributed by atoms with Crippen LogP contribution in [0.25, 0.3) is 0 Å². The lowest BCUT2D eigenvalue weighted by Gasteiger charge is -2.46. The molecule has 0 amide bonds. The smallest absolute Gasteiger partial charge is 0.00499 e. The molecular formula is C15H24. The third-order valence-electron chi connectivity index (χ3n) is 4.71. The van der Waals surface area contributed by atoms with E-state index in [2.05, 4.69) is 39.0 Å². The van der Waals surface area contributed by atoms with Crippen LogP contribution >= 0.6 is 0 Å². The largest absolute Gasteiger partial charge is 0.0879 e. The van der Waals surface area contributed by atoms with Gasteiger partial charge in [-0.2, -0.15) is 0 Å². The second-order valence-corrected chi connectivity index (χ2v) is 5.44. The monoisotopic (exact) mass is 204 g/mol. The van der Waals surface area contributed by atoms with E-state index in [1.54, 1.807) is 5.57 Å². The summed E-state index contributed by atoms with van der Waals surface area (Å²) in [6.45, 7) is 7.14. The maximum Gasteiger partial charge on any atom is -0.00499 e. The van der Waals surface area contributed by atoms with Gasteiger partial charge in [-0.3, -0.25) is 0 Å². The van der Waals surface area contributed by atoms with Gasteiger partial charge in [0.2, 0.25) is 0 Å². The molecule has 2 rings (SSSR count). The Labute approximate surface area is 94.5 Å². The molecule has 0 aromatic rings. The van der Waals surface area contributed by atoms with Crippen LogP contribution in [0.4, 0.5) is 0 Å². The number of rotatable bonds is 2. The van der Waals surface area contributed by atoms with E-state index >= 15 is 0 Å². The van der Waals surface area contributed by atoms with Crippen molar-refractivity contribution in [2.45, 2.75) is 52.9 Å². The predicted octanol–water partition coefficient (Wildman–Crippen LogP) is 4.73. The van der Waals surface area contributed by atoms with Crippen LogP contribution in [0, 0.1) is 17.3 Å². The molecule has 0 nitrogen and oxygen atoms in total. The van der Waals surface area contributed by atoms with E-state index in [0.717, 1.165) is 11.8 Å². The highest BCUT2D eigenvalue weighted by Gasteiger charge is 2.40. The number of fused-ring (bicyclic) bond motifs is 1. The van der Waals surface area contributed by atoms with Gasteiger partial charge < -0.3 is 0 Å². The second-order valence-electron chi connectivity index (χ2n) is 5.44. The molecule has 0 heterocycles. The summed E-state index contributed by atoms with van der Waals surface area (Å²) in [5, 5.41) is 0. The SMILES string of the molecule is CCC1=CC2(C)C(C=CCC2CC)CC1. The van der Waals surface area contributed by atoms with E-state index in [0.29, 0.717) is 5.41 Å². The van der Waals surface area contributed by atoms with Crippen LogP contribution < -0.4 is 0 Å². The quantitative estimate of drug-likeness (QED) is 0.571. The minimum absolute atomic E-state index is 0.465. The highest BCUT2D eigenvalue weighted by atomic mass is 14.4. The van der Waals surface area contributed by atoms with Crippen molar-refractivity contribution in [1.82, 2.24) is 0 Å². The third kappa shape index (κ3) is 1.79. The first-order chi connectivity index (χ1) is 7.20. The first-order valence-electron chi connectivity index (χ1n) is 6.58. The zero-order valence-electron chi connectivity index (χ0n) is 10.4. The van der Waals surface area contributed by atoms with Gasteiger partial charge in [-0.1, -0.05) is 51.0 Å². The topological polar surface area (TPSA) is 0 Å². The molecule has 0 bridgehead atoms. The van der Waals surface area contributed by atoms with E-state index in [-0.39, 0.29) is 0 Å². The molecule has 0 aromatic carbocycles. The highest BCUT2D eigenvalue weighted by Crippen LogP contribution is 2.50. The number of allylic oxidation sites excluding steroid dienone is 4. The maximum atomic E-state index is 2.62. The summed E-state index contributed by atoms with van der Waals surface area (Å²) in [4.78, 5) is 0. The van der Waals surface area contributed by atoms with Crippen molar-refractivity contribution in [2.75, 3.05) is 0 Å². The molecule has 0 aliphatic heterocycles. The van der Waals surface area contributed by atoms with E-state index in [1.165, 1.54) is 32.1 Å². The highest BCUT2D eigenvalue weighted by molar-refractivity contribution is 5.22. The molecule has 0 aromatic heterocycles. The molecule has 0 fully saturated rings. The summed E-state index contributed by atoms with van der Waals surface area (Å²) >= 11 is 0. The van der Waals surface area contributed by atoms with E-state index in [4.69, 9.17) is 0 Å². The number of hydrogen-bond acceptors (Lipinski definition) is 0. The molecule has 0 saturated heterocycles. The lowest BCUT2D eigenvalue weighted by atomic mass is 9.58. The standard InChI is InChI=1S/C15H24/c1-4-12-9-10-14-8-6-7-13(5-2)15(14,3)11-12/h6,8,11,13-14H,4-5,7,9-10H2,1-3H3. The summed E-state index contributed by atoms with van der Waals surface area (Å²) < 4.78 is 0. The van der Waals surface area contributed by atoms with Gasteiger partial charge in [0.15, 0.2) is 0 Å². The normalized spacial score (nSPS) is 39.8. The molecule has 0 saturated carbocycles. The molecule has 0 heteroatoms. The molecule has 0 N–H and O–H groups in total. The molecule has 2 aliphatic rings. The van der Waals surface area contributed by atoms with Crippen molar-refractivity contribution in [1.29, 1.82) is 0 Å². The van der Waals surface area contributed by atoms with Crippen molar-refractivity contribution in [3.63, 3.8) is 0 Å². The summed E-state index contributed by atoms with van der Waals surface area (Å²) in [5.74, 6) is 1.68. The van der Waals surface area contributed by atoms with Crippen LogP contribution in [-0.2, 0) is 0 Å². The Morgan fingerprint density at radius 1 is 1.40 bits per heavy atom. The lowest BCUT2D eigenvalue weighted by molar-refractivity contribution is 0.148. The first-order valence-corrected chi connectivity index (χ1v) is 6.58. The Kier molecular flexibility index (Phi) is 3.04. The fourth-order valence-corrected chi connectivity index (χ4v) is 3.54. The Morgan fingerprint density at radius 3 is 2.87 bits per heavy atom. The van der Waals surface area contributed by atoms with Gasteiger partial charge >= 0.3 is 0 Å². The van der Waals surface area contributed by atoms with Crippen LogP contribution in [0.15, 0.2) is 23.8 Å². The average molecular weight is 204 g/mol. The zero-order valence-corrected chi connectivity index (χ0v) is 10.4. The summed E-state index contributed by atoms with van der Waals surface area (Å²) in [5.41, 5.74) is 2.16. The van der Waals surface area contributed by atoms with Gasteiger partial charge in [-0.05, 0) is 42.9 Å². The van der Waals surface area contributed by atoms with Crippen LogP contribution in [0.1, 0.15) is 52.9 Å². The van der Waals surface area contributed by atoms with Crippen molar-refractivity contribution in [2.24, 2.45) is 17.3 Å². The molecule has 0 radical (unpaired) electrons. The predicted molar refractivity (Wildman–Crippen MR) is 66.7 cm³/mol. The molecule has 84 valence electrons. The Morgan fingerprint density at radius 2 is 2.20 bits per heavy atom. The van der Waals surface area contributed by atoms with Crippen molar-refractivity contribution < 1.29 is 0 Å². The maximum absolute atomic E-state index is 2.62. The van der Waals surface area contributed by atoms with Crippen molar-refractivity contribution in [3.8, 4) is 0 Å². The molecule has 0 spiro atoms. The molecule has 15 heavy (non-hydrogen) atoms. The summed E-state index contributed by atoms with van der Waals surface area (Å²) in [6, 6.07) is 0. The van der Waals surface area contributed by atoms with Crippen molar-refractivity contribution >= 4 is 0 Å².